The Morgan fingerprint density at radius 1 is 1.38 bits per heavy atom. The first-order valence-electron chi connectivity index (χ1n) is 5.26. The molecule has 0 rings (SSSR count). The van der Waals surface area contributed by atoms with E-state index in [1.54, 1.807) is 7.11 Å². The van der Waals surface area contributed by atoms with Gasteiger partial charge in [0.25, 0.3) is 0 Å². The molecule has 0 aromatic heterocycles. The van der Waals surface area contributed by atoms with E-state index in [1.807, 2.05) is 0 Å². The third-order valence-corrected chi connectivity index (χ3v) is 2.82. The molecular formula is C11H25NO. The second-order valence-corrected chi connectivity index (χ2v) is 4.42. The molecule has 0 amide bonds. The molecule has 0 aliphatic heterocycles. The number of nitrogens with one attached hydrogen (secondary N) is 1. The van der Waals surface area contributed by atoms with Crippen LogP contribution in [0.4, 0.5) is 0 Å². The minimum Gasteiger partial charge on any atom is -0.384 e. The predicted octanol–water partition coefficient (Wildman–Crippen LogP) is 2.29. The molecule has 80 valence electrons. The first-order chi connectivity index (χ1) is 6.06. The second kappa shape index (κ2) is 6.39. The summed E-state index contributed by atoms with van der Waals surface area (Å²) in [6.45, 7) is 12.0. The molecule has 0 saturated carbocycles. The van der Waals surface area contributed by atoms with Crippen LogP contribution in [0.3, 0.4) is 0 Å². The second-order valence-electron chi connectivity index (χ2n) is 4.42. The van der Waals surface area contributed by atoms with Gasteiger partial charge in [0.05, 0.1) is 6.61 Å². The lowest BCUT2D eigenvalue weighted by atomic mass is 9.80. The smallest absolute Gasteiger partial charge is 0.0530 e. The maximum atomic E-state index is 5.26. The van der Waals surface area contributed by atoms with Gasteiger partial charge in [0.2, 0.25) is 0 Å². The zero-order valence-electron chi connectivity index (χ0n) is 9.81. The lowest BCUT2D eigenvalue weighted by Gasteiger charge is -2.33. The van der Waals surface area contributed by atoms with Crippen molar-refractivity contribution in [3.05, 3.63) is 0 Å². The summed E-state index contributed by atoms with van der Waals surface area (Å²) in [5.74, 6) is 0.650. The van der Waals surface area contributed by atoms with E-state index < -0.39 is 0 Å². The Kier molecular flexibility index (Phi) is 6.35. The van der Waals surface area contributed by atoms with E-state index in [0.717, 1.165) is 19.7 Å². The Morgan fingerprint density at radius 3 is 2.38 bits per heavy atom. The standard InChI is InChI=1S/C11H25NO/c1-6-7-12-8-11(4,9-13-5)10(2)3/h10,12H,6-9H2,1-5H3. The van der Waals surface area contributed by atoms with Gasteiger partial charge in [-0.15, -0.1) is 0 Å². The van der Waals surface area contributed by atoms with Gasteiger partial charge in [-0.05, 0) is 18.9 Å². The van der Waals surface area contributed by atoms with E-state index in [2.05, 4.69) is 33.0 Å². The van der Waals surface area contributed by atoms with Crippen molar-refractivity contribution in [3.8, 4) is 0 Å². The highest BCUT2D eigenvalue weighted by Gasteiger charge is 2.27. The van der Waals surface area contributed by atoms with Gasteiger partial charge in [-0.2, -0.15) is 0 Å². The van der Waals surface area contributed by atoms with Gasteiger partial charge < -0.3 is 10.1 Å². The molecule has 13 heavy (non-hydrogen) atoms. The van der Waals surface area contributed by atoms with Gasteiger partial charge in [-0.1, -0.05) is 27.7 Å². The molecule has 0 heterocycles. The monoisotopic (exact) mass is 187 g/mol. The molecule has 1 unspecified atom stereocenters. The molecular weight excluding hydrogens is 162 g/mol. The Hall–Kier alpha value is -0.0800. The zero-order chi connectivity index (χ0) is 10.3. The van der Waals surface area contributed by atoms with Crippen molar-refractivity contribution in [1.29, 1.82) is 0 Å². The third-order valence-electron chi connectivity index (χ3n) is 2.82. The summed E-state index contributed by atoms with van der Waals surface area (Å²) in [6, 6.07) is 0. The quantitative estimate of drug-likeness (QED) is 0.617. The number of ether oxygens (including phenoxy) is 1. The van der Waals surface area contributed by atoms with Crippen LogP contribution >= 0.6 is 0 Å². The first kappa shape index (κ1) is 12.9. The van der Waals surface area contributed by atoms with Crippen LogP contribution in [0.25, 0.3) is 0 Å². The summed E-state index contributed by atoms with van der Waals surface area (Å²) in [7, 11) is 1.78. The minimum absolute atomic E-state index is 0.268. The summed E-state index contributed by atoms with van der Waals surface area (Å²) in [4.78, 5) is 0. The highest BCUT2D eigenvalue weighted by molar-refractivity contribution is 4.79. The fourth-order valence-electron chi connectivity index (χ4n) is 1.30. The summed E-state index contributed by atoms with van der Waals surface area (Å²) in [5.41, 5.74) is 0.268. The van der Waals surface area contributed by atoms with Crippen LogP contribution in [0, 0.1) is 11.3 Å². The summed E-state index contributed by atoms with van der Waals surface area (Å²) < 4.78 is 5.26. The van der Waals surface area contributed by atoms with E-state index >= 15 is 0 Å². The van der Waals surface area contributed by atoms with Crippen LogP contribution in [0.5, 0.6) is 0 Å². The van der Waals surface area contributed by atoms with E-state index in [4.69, 9.17) is 4.74 Å². The zero-order valence-corrected chi connectivity index (χ0v) is 9.81. The number of methoxy groups -OCH3 is 1. The van der Waals surface area contributed by atoms with Gasteiger partial charge in [0.1, 0.15) is 0 Å². The summed E-state index contributed by atoms with van der Waals surface area (Å²) >= 11 is 0. The molecule has 0 aliphatic rings. The summed E-state index contributed by atoms with van der Waals surface area (Å²) in [5, 5.41) is 3.46. The maximum absolute atomic E-state index is 5.26. The molecule has 2 nitrogen and oxygen atoms in total. The van der Waals surface area contributed by atoms with Crippen LogP contribution in [-0.2, 0) is 4.74 Å². The molecule has 0 bridgehead atoms. The van der Waals surface area contributed by atoms with E-state index in [0.29, 0.717) is 5.92 Å². The fourth-order valence-corrected chi connectivity index (χ4v) is 1.30. The SMILES string of the molecule is CCCNCC(C)(COC)C(C)C. The molecule has 0 saturated heterocycles. The lowest BCUT2D eigenvalue weighted by molar-refractivity contribution is 0.0572. The van der Waals surface area contributed by atoms with E-state index in [9.17, 15) is 0 Å². The average Bonchev–Trinajstić information content (AvgIpc) is 2.05. The van der Waals surface area contributed by atoms with Gasteiger partial charge in [0.15, 0.2) is 0 Å². The maximum Gasteiger partial charge on any atom is 0.0530 e. The minimum atomic E-state index is 0.268. The molecule has 0 aromatic rings. The molecule has 1 atom stereocenters. The molecule has 0 radical (unpaired) electrons. The number of hydrogen-bond donors (Lipinski definition) is 1. The third kappa shape index (κ3) is 4.63. The summed E-state index contributed by atoms with van der Waals surface area (Å²) in [6.07, 6.45) is 1.20. The van der Waals surface area contributed by atoms with Crippen molar-refractivity contribution in [2.75, 3.05) is 26.8 Å². The Bertz CT molecular complexity index is 125. The Labute approximate surface area is 83.1 Å². The Balaban J connectivity index is 3.92. The van der Waals surface area contributed by atoms with Crippen molar-refractivity contribution in [2.45, 2.75) is 34.1 Å². The highest BCUT2D eigenvalue weighted by atomic mass is 16.5. The fraction of sp³-hybridized carbons (Fsp3) is 1.00. The molecule has 0 spiro atoms. The normalized spacial score (nSPS) is 16.2. The largest absolute Gasteiger partial charge is 0.384 e. The van der Waals surface area contributed by atoms with Gasteiger partial charge in [-0.3, -0.25) is 0 Å². The highest BCUT2D eigenvalue weighted by Crippen LogP contribution is 2.26. The van der Waals surface area contributed by atoms with E-state index in [1.165, 1.54) is 6.42 Å². The van der Waals surface area contributed by atoms with Crippen LogP contribution in [0.2, 0.25) is 0 Å². The van der Waals surface area contributed by atoms with Crippen molar-refractivity contribution in [1.82, 2.24) is 5.32 Å². The van der Waals surface area contributed by atoms with Crippen molar-refractivity contribution >= 4 is 0 Å². The van der Waals surface area contributed by atoms with Gasteiger partial charge >= 0.3 is 0 Å². The van der Waals surface area contributed by atoms with Crippen molar-refractivity contribution in [2.24, 2.45) is 11.3 Å². The average molecular weight is 187 g/mol. The number of hydrogen-bond acceptors (Lipinski definition) is 2. The first-order valence-corrected chi connectivity index (χ1v) is 5.26. The van der Waals surface area contributed by atoms with Crippen LogP contribution in [0.1, 0.15) is 34.1 Å². The molecule has 0 aliphatic carbocycles. The number of rotatable bonds is 7. The topological polar surface area (TPSA) is 21.3 Å². The van der Waals surface area contributed by atoms with Crippen molar-refractivity contribution < 1.29 is 4.74 Å². The molecule has 1 N–H and O–H groups in total. The van der Waals surface area contributed by atoms with Gasteiger partial charge in [-0.25, -0.2) is 0 Å². The van der Waals surface area contributed by atoms with Crippen LogP contribution in [0.15, 0.2) is 0 Å². The van der Waals surface area contributed by atoms with Crippen LogP contribution < -0.4 is 5.32 Å². The van der Waals surface area contributed by atoms with E-state index in [-0.39, 0.29) is 5.41 Å². The molecule has 0 aromatic carbocycles. The molecule has 2 heteroatoms. The van der Waals surface area contributed by atoms with Gasteiger partial charge in [0, 0.05) is 19.1 Å². The predicted molar refractivity (Wildman–Crippen MR) is 58.0 cm³/mol. The molecule has 0 fully saturated rings. The van der Waals surface area contributed by atoms with Crippen molar-refractivity contribution in [3.63, 3.8) is 0 Å². The lowest BCUT2D eigenvalue weighted by Crippen LogP contribution is -2.39. The Morgan fingerprint density at radius 2 is 2.00 bits per heavy atom. The van der Waals surface area contributed by atoms with Crippen LogP contribution in [-0.4, -0.2) is 26.8 Å².